The minimum absolute atomic E-state index is 0.242. The first-order valence-electron chi connectivity index (χ1n) is 5.56. The van der Waals surface area contributed by atoms with E-state index in [-0.39, 0.29) is 12.4 Å². The van der Waals surface area contributed by atoms with E-state index in [9.17, 15) is 27.2 Å². The number of esters is 1. The van der Waals surface area contributed by atoms with Gasteiger partial charge in [0.2, 0.25) is 0 Å². The Bertz CT molecular complexity index is 545. The first kappa shape index (κ1) is 17.2. The number of benzene rings is 1. The SMILES string of the molecule is CCOC(=O)C(Oc1ccc(F)c(Cl)c1)C(=O)C(F)(F)F. The fraction of sp³-hybridized carbons (Fsp3) is 0.333. The topological polar surface area (TPSA) is 52.6 Å². The highest BCUT2D eigenvalue weighted by molar-refractivity contribution is 6.30. The molecule has 0 N–H and O–H groups in total. The molecule has 1 atom stereocenters. The van der Waals surface area contributed by atoms with Crippen LogP contribution in [0.5, 0.6) is 5.75 Å². The number of hydrogen-bond acceptors (Lipinski definition) is 4. The molecule has 0 aliphatic heterocycles. The predicted molar refractivity (Wildman–Crippen MR) is 63.5 cm³/mol. The molecule has 0 amide bonds. The van der Waals surface area contributed by atoms with E-state index in [2.05, 4.69) is 9.47 Å². The largest absolute Gasteiger partial charge is 0.470 e. The Kier molecular flexibility index (Phi) is 5.54. The first-order chi connectivity index (χ1) is 9.66. The average Bonchev–Trinajstić information content (AvgIpc) is 2.38. The van der Waals surface area contributed by atoms with Gasteiger partial charge >= 0.3 is 12.1 Å². The van der Waals surface area contributed by atoms with E-state index in [4.69, 9.17) is 11.6 Å². The molecule has 1 rings (SSSR count). The lowest BCUT2D eigenvalue weighted by Crippen LogP contribution is -2.44. The van der Waals surface area contributed by atoms with Crippen LogP contribution in [-0.4, -0.2) is 30.6 Å². The van der Waals surface area contributed by atoms with Gasteiger partial charge in [-0.3, -0.25) is 4.79 Å². The van der Waals surface area contributed by atoms with Crippen LogP contribution in [0.1, 0.15) is 6.92 Å². The summed E-state index contributed by atoms with van der Waals surface area (Å²) in [7, 11) is 0. The van der Waals surface area contributed by atoms with Gasteiger partial charge in [-0.15, -0.1) is 0 Å². The molecule has 1 aromatic rings. The number of carbonyl (C=O) groups is 2. The molecule has 9 heteroatoms. The second kappa shape index (κ2) is 6.75. The lowest BCUT2D eigenvalue weighted by Gasteiger charge is -2.18. The van der Waals surface area contributed by atoms with Crippen LogP contribution in [0, 0.1) is 5.82 Å². The lowest BCUT2D eigenvalue weighted by molar-refractivity contribution is -0.184. The number of alkyl halides is 3. The van der Waals surface area contributed by atoms with Crippen molar-refractivity contribution in [2.75, 3.05) is 6.61 Å². The third-order valence-corrected chi connectivity index (χ3v) is 2.45. The lowest BCUT2D eigenvalue weighted by atomic mass is 10.2. The molecule has 1 aromatic carbocycles. The summed E-state index contributed by atoms with van der Waals surface area (Å²) in [5.41, 5.74) is 0. The highest BCUT2D eigenvalue weighted by Gasteiger charge is 2.48. The third-order valence-electron chi connectivity index (χ3n) is 2.16. The van der Waals surface area contributed by atoms with E-state index in [1.54, 1.807) is 0 Å². The van der Waals surface area contributed by atoms with E-state index in [1.807, 2.05) is 0 Å². The van der Waals surface area contributed by atoms with Gasteiger partial charge in [-0.25, -0.2) is 9.18 Å². The van der Waals surface area contributed by atoms with Crippen molar-refractivity contribution in [3.63, 3.8) is 0 Å². The smallest absolute Gasteiger partial charge is 0.454 e. The summed E-state index contributed by atoms with van der Waals surface area (Å²) in [5, 5.41) is -0.436. The summed E-state index contributed by atoms with van der Waals surface area (Å²) < 4.78 is 59.2. The van der Waals surface area contributed by atoms with Crippen LogP contribution in [-0.2, 0) is 14.3 Å². The van der Waals surface area contributed by atoms with Crippen LogP contribution in [0.4, 0.5) is 17.6 Å². The van der Waals surface area contributed by atoms with Gasteiger partial charge in [0.05, 0.1) is 11.6 Å². The summed E-state index contributed by atoms with van der Waals surface area (Å²) >= 11 is 5.43. The second-order valence-corrected chi connectivity index (χ2v) is 4.10. The molecule has 0 aromatic heterocycles. The quantitative estimate of drug-likeness (QED) is 0.474. The van der Waals surface area contributed by atoms with Crippen LogP contribution in [0.15, 0.2) is 18.2 Å². The molecule has 21 heavy (non-hydrogen) atoms. The van der Waals surface area contributed by atoms with Crippen molar-refractivity contribution in [2.45, 2.75) is 19.2 Å². The molecule has 116 valence electrons. The number of ketones is 1. The van der Waals surface area contributed by atoms with E-state index in [1.165, 1.54) is 6.92 Å². The van der Waals surface area contributed by atoms with E-state index >= 15 is 0 Å². The third kappa shape index (κ3) is 4.59. The summed E-state index contributed by atoms with van der Waals surface area (Å²) in [4.78, 5) is 22.6. The minimum atomic E-state index is -5.29. The maximum atomic E-state index is 12.9. The molecule has 0 heterocycles. The Morgan fingerprint density at radius 1 is 1.33 bits per heavy atom. The van der Waals surface area contributed by atoms with Gasteiger partial charge in [-0.2, -0.15) is 13.2 Å². The average molecular weight is 329 g/mol. The van der Waals surface area contributed by atoms with Crippen molar-refractivity contribution in [2.24, 2.45) is 0 Å². The zero-order chi connectivity index (χ0) is 16.2. The van der Waals surface area contributed by atoms with Crippen molar-refractivity contribution in [1.82, 2.24) is 0 Å². The molecule has 0 aliphatic rings. The first-order valence-corrected chi connectivity index (χ1v) is 5.94. The van der Waals surface area contributed by atoms with Crippen LogP contribution in [0.25, 0.3) is 0 Å². The Morgan fingerprint density at radius 3 is 2.43 bits per heavy atom. The molecule has 0 saturated heterocycles. The van der Waals surface area contributed by atoms with Gasteiger partial charge in [0.1, 0.15) is 11.6 Å². The normalized spacial score (nSPS) is 12.7. The maximum absolute atomic E-state index is 12.9. The summed E-state index contributed by atoms with van der Waals surface area (Å²) in [6, 6.07) is 2.59. The molecule has 0 radical (unpaired) electrons. The fourth-order valence-electron chi connectivity index (χ4n) is 1.26. The maximum Gasteiger partial charge on any atom is 0.454 e. The predicted octanol–water partition coefficient (Wildman–Crippen LogP) is 2.92. The Balaban J connectivity index is 3.04. The molecule has 0 aliphatic carbocycles. The monoisotopic (exact) mass is 328 g/mol. The Labute approximate surface area is 121 Å². The molecular formula is C12H9ClF4O4. The Hall–Kier alpha value is -1.83. The van der Waals surface area contributed by atoms with Crippen LogP contribution < -0.4 is 4.74 Å². The molecule has 0 saturated carbocycles. The van der Waals surface area contributed by atoms with E-state index in [0.29, 0.717) is 0 Å². The van der Waals surface area contributed by atoms with Gasteiger partial charge in [0.15, 0.2) is 0 Å². The highest BCUT2D eigenvalue weighted by atomic mass is 35.5. The van der Waals surface area contributed by atoms with Gasteiger partial charge < -0.3 is 9.47 Å². The van der Waals surface area contributed by atoms with Crippen molar-refractivity contribution >= 4 is 23.4 Å². The molecule has 0 bridgehead atoms. The van der Waals surface area contributed by atoms with Crippen LogP contribution >= 0.6 is 11.6 Å². The van der Waals surface area contributed by atoms with Crippen molar-refractivity contribution < 1.29 is 36.6 Å². The van der Waals surface area contributed by atoms with Gasteiger partial charge in [0.25, 0.3) is 11.9 Å². The number of hydrogen-bond donors (Lipinski definition) is 0. The highest BCUT2D eigenvalue weighted by Crippen LogP contribution is 2.25. The number of rotatable bonds is 5. The van der Waals surface area contributed by atoms with Crippen molar-refractivity contribution in [3.8, 4) is 5.75 Å². The minimum Gasteiger partial charge on any atom is -0.470 e. The van der Waals surface area contributed by atoms with Gasteiger partial charge in [-0.05, 0) is 19.1 Å². The number of carbonyl (C=O) groups excluding carboxylic acids is 2. The van der Waals surface area contributed by atoms with Crippen LogP contribution in [0.3, 0.4) is 0 Å². The van der Waals surface area contributed by atoms with Crippen LogP contribution in [0.2, 0.25) is 5.02 Å². The summed E-state index contributed by atoms with van der Waals surface area (Å²) in [6.07, 6.45) is -7.83. The number of ether oxygens (including phenoxy) is 2. The zero-order valence-corrected chi connectivity index (χ0v) is 11.3. The fourth-order valence-corrected chi connectivity index (χ4v) is 1.43. The molecule has 1 unspecified atom stereocenters. The van der Waals surface area contributed by atoms with E-state index in [0.717, 1.165) is 18.2 Å². The van der Waals surface area contributed by atoms with Crippen molar-refractivity contribution in [3.05, 3.63) is 29.0 Å². The standard InChI is InChI=1S/C12H9ClF4O4/c1-2-20-11(19)9(10(18)12(15,16)17)21-6-3-4-8(14)7(13)5-6/h3-5,9H,2H2,1H3. The summed E-state index contributed by atoms with van der Waals surface area (Å²) in [6.45, 7) is 1.11. The molecule has 0 spiro atoms. The molecule has 0 fully saturated rings. The van der Waals surface area contributed by atoms with Gasteiger partial charge in [-0.1, -0.05) is 11.6 Å². The molecule has 4 nitrogen and oxygen atoms in total. The van der Waals surface area contributed by atoms with Gasteiger partial charge in [0, 0.05) is 6.07 Å². The number of Topliss-reactive ketones (excluding diaryl/α,β-unsaturated/α-hetero) is 1. The number of halogens is 5. The zero-order valence-electron chi connectivity index (χ0n) is 10.5. The molecular weight excluding hydrogens is 320 g/mol. The van der Waals surface area contributed by atoms with Crippen molar-refractivity contribution in [1.29, 1.82) is 0 Å². The summed E-state index contributed by atoms with van der Waals surface area (Å²) in [5.74, 6) is -5.14. The Morgan fingerprint density at radius 2 is 1.95 bits per heavy atom. The van der Waals surface area contributed by atoms with E-state index < -0.39 is 34.9 Å². The second-order valence-electron chi connectivity index (χ2n) is 3.69.